The van der Waals surface area contributed by atoms with E-state index < -0.39 is 10.0 Å². The molecule has 9 heteroatoms. The molecule has 0 saturated heterocycles. The minimum atomic E-state index is -3.51. The first-order chi connectivity index (χ1) is 13.2. The van der Waals surface area contributed by atoms with Gasteiger partial charge in [0.05, 0.1) is 11.9 Å². The summed E-state index contributed by atoms with van der Waals surface area (Å²) in [5, 5.41) is 3.23. The van der Waals surface area contributed by atoms with Gasteiger partial charge < -0.3 is 14.8 Å². The maximum Gasteiger partial charge on any atom is 0.232 e. The van der Waals surface area contributed by atoms with Crippen LogP contribution >= 0.6 is 11.6 Å². The first-order valence-electron chi connectivity index (χ1n) is 8.67. The Hall–Kier alpha value is -2.45. The van der Waals surface area contributed by atoms with E-state index in [1.807, 2.05) is 6.92 Å². The van der Waals surface area contributed by atoms with Gasteiger partial charge in [-0.05, 0) is 43.2 Å². The highest BCUT2D eigenvalue weighted by Crippen LogP contribution is 2.34. The Labute approximate surface area is 169 Å². The van der Waals surface area contributed by atoms with Crippen LogP contribution < -0.4 is 19.1 Å². The van der Waals surface area contributed by atoms with Gasteiger partial charge in [0.1, 0.15) is 0 Å². The summed E-state index contributed by atoms with van der Waals surface area (Å²) < 4.78 is 36.3. The number of nitrogens with zero attached hydrogens (tertiary/aromatic N) is 1. The van der Waals surface area contributed by atoms with E-state index in [1.165, 1.54) is 4.31 Å². The van der Waals surface area contributed by atoms with E-state index in [1.54, 1.807) is 36.4 Å². The van der Waals surface area contributed by atoms with Crippen molar-refractivity contribution in [3.8, 4) is 11.5 Å². The normalized spacial score (nSPS) is 12.7. The second-order valence-corrected chi connectivity index (χ2v) is 8.83. The van der Waals surface area contributed by atoms with Gasteiger partial charge in [0.25, 0.3) is 0 Å². The zero-order chi connectivity index (χ0) is 20.3. The minimum absolute atomic E-state index is 0.164. The van der Waals surface area contributed by atoms with Gasteiger partial charge in [-0.2, -0.15) is 0 Å². The number of rotatable bonds is 7. The van der Waals surface area contributed by atoms with Gasteiger partial charge in [0, 0.05) is 29.7 Å². The second kappa shape index (κ2) is 8.28. The molecule has 1 heterocycles. The van der Waals surface area contributed by atoms with Crippen molar-refractivity contribution < 1.29 is 22.7 Å². The Balaban J connectivity index is 1.61. The summed E-state index contributed by atoms with van der Waals surface area (Å²) in [4.78, 5) is 12.2. The molecule has 0 aliphatic carbocycles. The lowest BCUT2D eigenvalue weighted by molar-refractivity contribution is -0.116. The molecule has 1 aliphatic heterocycles. The van der Waals surface area contributed by atoms with Crippen molar-refractivity contribution in [3.05, 3.63) is 47.0 Å². The third-order valence-corrected chi connectivity index (χ3v) is 5.68. The zero-order valence-corrected chi connectivity index (χ0v) is 17.1. The number of halogens is 1. The summed E-state index contributed by atoms with van der Waals surface area (Å²) in [5.41, 5.74) is 1.91. The van der Waals surface area contributed by atoms with Gasteiger partial charge in [-0.3, -0.25) is 9.10 Å². The summed E-state index contributed by atoms with van der Waals surface area (Å²) in [6, 6.07) is 10.2. The number of nitrogens with one attached hydrogen (secondary N) is 1. The van der Waals surface area contributed by atoms with Crippen LogP contribution in [0.3, 0.4) is 0 Å². The first kappa shape index (κ1) is 20.3. The number of aryl methyl sites for hydroxylation is 1. The van der Waals surface area contributed by atoms with Gasteiger partial charge in [-0.25, -0.2) is 8.42 Å². The molecule has 0 atom stereocenters. The van der Waals surface area contributed by atoms with Gasteiger partial charge in [0.2, 0.25) is 22.7 Å². The number of hydrogen-bond donors (Lipinski definition) is 1. The van der Waals surface area contributed by atoms with Crippen LogP contribution in [0.15, 0.2) is 36.4 Å². The van der Waals surface area contributed by atoms with Crippen molar-refractivity contribution >= 4 is 38.9 Å². The Morgan fingerprint density at radius 2 is 1.93 bits per heavy atom. The highest BCUT2D eigenvalue weighted by molar-refractivity contribution is 7.92. The molecule has 1 N–H and O–H groups in total. The van der Waals surface area contributed by atoms with Crippen LogP contribution in [0.25, 0.3) is 0 Å². The summed E-state index contributed by atoms with van der Waals surface area (Å²) >= 11 is 6.02. The number of carbonyl (C=O) groups is 1. The van der Waals surface area contributed by atoms with Crippen LogP contribution in [-0.2, 0) is 14.8 Å². The quantitative estimate of drug-likeness (QED) is 0.734. The van der Waals surface area contributed by atoms with Crippen molar-refractivity contribution in [3.63, 3.8) is 0 Å². The van der Waals surface area contributed by atoms with Gasteiger partial charge in [-0.1, -0.05) is 17.7 Å². The maximum atomic E-state index is 12.2. The third kappa shape index (κ3) is 4.88. The predicted molar refractivity (Wildman–Crippen MR) is 109 cm³/mol. The van der Waals surface area contributed by atoms with E-state index in [-0.39, 0.29) is 25.7 Å². The molecular weight excluding hydrogens is 404 g/mol. The monoisotopic (exact) mass is 424 g/mol. The number of ether oxygens (including phenoxy) is 2. The van der Waals surface area contributed by atoms with Crippen molar-refractivity contribution in [1.82, 2.24) is 0 Å². The van der Waals surface area contributed by atoms with Gasteiger partial charge in [-0.15, -0.1) is 0 Å². The van der Waals surface area contributed by atoms with Crippen LogP contribution in [0.5, 0.6) is 11.5 Å². The predicted octanol–water partition coefficient (Wildman–Crippen LogP) is 3.56. The summed E-state index contributed by atoms with van der Waals surface area (Å²) in [6.07, 6.45) is 1.66. The number of anilines is 2. The molecule has 3 rings (SSSR count). The Morgan fingerprint density at radius 1 is 1.18 bits per heavy atom. The standard InChI is InChI=1S/C19H21ClN2O5S/c1-13-5-6-14(20)10-16(13)22(28(2,24)25)9-3-4-19(23)21-15-7-8-17-18(11-15)27-12-26-17/h5-8,10-11H,3-4,9,12H2,1-2H3,(H,21,23). The largest absolute Gasteiger partial charge is 0.454 e. The van der Waals surface area contributed by atoms with Crippen molar-refractivity contribution in [1.29, 1.82) is 0 Å². The molecule has 0 radical (unpaired) electrons. The smallest absolute Gasteiger partial charge is 0.232 e. The van der Waals surface area contributed by atoms with Crippen LogP contribution in [0.1, 0.15) is 18.4 Å². The highest BCUT2D eigenvalue weighted by Gasteiger charge is 2.20. The molecule has 0 saturated carbocycles. The third-order valence-electron chi connectivity index (χ3n) is 4.26. The molecule has 0 aromatic heterocycles. The average molecular weight is 425 g/mol. The molecule has 0 spiro atoms. The second-order valence-electron chi connectivity index (χ2n) is 6.49. The van der Waals surface area contributed by atoms with Crippen LogP contribution in [0.2, 0.25) is 5.02 Å². The molecule has 28 heavy (non-hydrogen) atoms. The minimum Gasteiger partial charge on any atom is -0.454 e. The topological polar surface area (TPSA) is 84.9 Å². The Morgan fingerprint density at radius 3 is 2.68 bits per heavy atom. The lowest BCUT2D eigenvalue weighted by Gasteiger charge is -2.24. The Bertz CT molecular complexity index is 994. The number of fused-ring (bicyclic) bond motifs is 1. The highest BCUT2D eigenvalue weighted by atomic mass is 35.5. The number of hydrogen-bond acceptors (Lipinski definition) is 5. The molecular formula is C19H21ClN2O5S. The average Bonchev–Trinajstić information content (AvgIpc) is 3.08. The SMILES string of the molecule is Cc1ccc(Cl)cc1N(CCCC(=O)Nc1ccc2c(c1)OCO2)S(C)(=O)=O. The fraction of sp³-hybridized carbons (Fsp3) is 0.316. The molecule has 0 bridgehead atoms. The van der Waals surface area contributed by atoms with Gasteiger partial charge in [0.15, 0.2) is 11.5 Å². The molecule has 2 aromatic rings. The molecule has 1 aliphatic rings. The van der Waals surface area contributed by atoms with E-state index >= 15 is 0 Å². The summed E-state index contributed by atoms with van der Waals surface area (Å²) in [6.45, 7) is 2.15. The van der Waals surface area contributed by atoms with Crippen molar-refractivity contribution in [2.45, 2.75) is 19.8 Å². The fourth-order valence-corrected chi connectivity index (χ4v) is 4.08. The number of amides is 1. The Kier molecular flexibility index (Phi) is 6.00. The molecule has 0 fully saturated rings. The van der Waals surface area contributed by atoms with E-state index in [0.717, 1.165) is 11.8 Å². The van der Waals surface area contributed by atoms with Crippen LogP contribution in [0, 0.1) is 6.92 Å². The van der Waals surface area contributed by atoms with Crippen molar-refractivity contribution in [2.24, 2.45) is 0 Å². The first-order valence-corrected chi connectivity index (χ1v) is 10.9. The maximum absolute atomic E-state index is 12.2. The fourth-order valence-electron chi connectivity index (χ4n) is 2.90. The van der Waals surface area contributed by atoms with Gasteiger partial charge >= 0.3 is 0 Å². The number of sulfonamides is 1. The van der Waals surface area contributed by atoms with E-state index in [2.05, 4.69) is 5.32 Å². The van der Waals surface area contributed by atoms with E-state index in [0.29, 0.717) is 34.3 Å². The molecule has 7 nitrogen and oxygen atoms in total. The van der Waals surface area contributed by atoms with E-state index in [9.17, 15) is 13.2 Å². The molecule has 150 valence electrons. The lowest BCUT2D eigenvalue weighted by atomic mass is 10.2. The van der Waals surface area contributed by atoms with Crippen molar-refractivity contribution in [2.75, 3.05) is 29.2 Å². The summed E-state index contributed by atoms with van der Waals surface area (Å²) in [7, 11) is -3.51. The zero-order valence-electron chi connectivity index (χ0n) is 15.6. The molecule has 2 aromatic carbocycles. The summed E-state index contributed by atoms with van der Waals surface area (Å²) in [5.74, 6) is 1.01. The van der Waals surface area contributed by atoms with Crippen LogP contribution in [-0.4, -0.2) is 33.9 Å². The van der Waals surface area contributed by atoms with E-state index in [4.69, 9.17) is 21.1 Å². The molecule has 1 amide bonds. The number of benzene rings is 2. The molecule has 0 unspecified atom stereocenters. The lowest BCUT2D eigenvalue weighted by Crippen LogP contribution is -2.32. The number of carbonyl (C=O) groups excluding carboxylic acids is 1. The van der Waals surface area contributed by atoms with Crippen LogP contribution in [0.4, 0.5) is 11.4 Å².